The Hall–Kier alpha value is -5.24. The van der Waals surface area contributed by atoms with E-state index >= 15 is 0 Å². The van der Waals surface area contributed by atoms with Gasteiger partial charge in [0, 0.05) is 62.8 Å². The number of nitriles is 1. The van der Waals surface area contributed by atoms with Crippen molar-refractivity contribution in [1.82, 2.24) is 29.4 Å². The fourth-order valence-electron chi connectivity index (χ4n) is 8.47. The van der Waals surface area contributed by atoms with Gasteiger partial charge < -0.3 is 33.6 Å². The zero-order valence-electron chi connectivity index (χ0n) is 39.1. The molecule has 4 aromatic rings. The molecule has 4 aliphatic heterocycles. The summed E-state index contributed by atoms with van der Waals surface area (Å²) in [6.45, 7) is 7.23. The van der Waals surface area contributed by atoms with Gasteiger partial charge in [-0.05, 0) is 125 Å². The summed E-state index contributed by atoms with van der Waals surface area (Å²) in [6.07, 6.45) is 13.5. The van der Waals surface area contributed by atoms with E-state index in [-0.39, 0.29) is 58.3 Å². The minimum absolute atomic E-state index is 0.0179. The average molecular weight is 994 g/mol. The number of likely N-dealkylation sites (tertiary alicyclic amines) is 2. The number of hydrogen-bond acceptors (Lipinski definition) is 16. The van der Waals surface area contributed by atoms with Crippen LogP contribution in [-0.2, 0) is 30.2 Å². The first-order valence-electron chi connectivity index (χ1n) is 22.6. The highest BCUT2D eigenvalue weighted by Gasteiger charge is 2.39. The summed E-state index contributed by atoms with van der Waals surface area (Å²) in [5.41, 5.74) is 2.30. The number of rotatable bonds is 13. The number of halogens is 1. The average Bonchev–Trinajstić information content (AvgIpc) is 3.78. The zero-order valence-corrected chi connectivity index (χ0v) is 41.5. The Morgan fingerprint density at radius 1 is 1.07 bits per heavy atom. The number of nitrogens with zero attached hydrogens (tertiary/aromatic N) is 5. The first kappa shape index (κ1) is 52.1. The van der Waals surface area contributed by atoms with Gasteiger partial charge in [-0.2, -0.15) is 17.0 Å². The lowest BCUT2D eigenvalue weighted by Crippen LogP contribution is -2.49. The van der Waals surface area contributed by atoms with Crippen molar-refractivity contribution < 1.29 is 36.6 Å². The van der Waals surface area contributed by atoms with Crippen LogP contribution in [0.25, 0.3) is 10.9 Å². The summed E-state index contributed by atoms with van der Waals surface area (Å²) in [5.74, 6) is -0.298. The lowest BCUT2D eigenvalue weighted by atomic mass is 9.88. The smallest absolute Gasteiger partial charge is 0.258 e. The molecule has 8 rings (SSSR count). The molecule has 3 amide bonds. The van der Waals surface area contributed by atoms with Crippen molar-refractivity contribution in [2.24, 2.45) is 0 Å². The summed E-state index contributed by atoms with van der Waals surface area (Å²) in [7, 11) is 1.88. The van der Waals surface area contributed by atoms with Crippen LogP contribution in [-0.4, -0.2) is 129 Å². The minimum Gasteiger partial charge on any atom is -0.453 e. The Morgan fingerprint density at radius 2 is 1.82 bits per heavy atom. The largest absolute Gasteiger partial charge is 0.453 e. The first-order chi connectivity index (χ1) is 32.7. The maximum atomic E-state index is 14.4. The molecule has 21 heteroatoms. The molecule has 2 unspecified atom stereocenters. The molecule has 17 nitrogen and oxygen atoms in total. The Labute approximate surface area is 407 Å². The molecule has 5 heterocycles. The minimum atomic E-state index is -1.50. The highest BCUT2D eigenvalue weighted by Crippen LogP contribution is 2.39. The van der Waals surface area contributed by atoms with Gasteiger partial charge in [0.2, 0.25) is 28.8 Å². The molecule has 4 fully saturated rings. The summed E-state index contributed by atoms with van der Waals surface area (Å²) >= 11 is 1.53. The third-order valence-electron chi connectivity index (χ3n) is 12.2. The van der Waals surface area contributed by atoms with Crippen LogP contribution in [0.15, 0.2) is 59.7 Å². The number of piperidine rings is 3. The third-order valence-corrected chi connectivity index (χ3v) is 13.5. The monoisotopic (exact) mass is 993 g/mol. The van der Waals surface area contributed by atoms with Gasteiger partial charge in [0.15, 0.2) is 11.6 Å². The van der Waals surface area contributed by atoms with Crippen LogP contribution in [0.4, 0.5) is 15.8 Å². The van der Waals surface area contributed by atoms with Gasteiger partial charge in [-0.3, -0.25) is 29.4 Å². The van der Waals surface area contributed by atoms with Gasteiger partial charge in [0.1, 0.15) is 29.2 Å². The Balaban J connectivity index is 0.000000223. The number of nitrogens with one attached hydrogen (secondary N) is 4. The fraction of sp³-hybridized carbons (Fsp3) is 0.489. The van der Waals surface area contributed by atoms with Crippen molar-refractivity contribution in [1.29, 1.82) is 5.26 Å². The molecule has 3 aromatic carbocycles. The molecule has 0 aliphatic carbocycles. The van der Waals surface area contributed by atoms with Crippen LogP contribution in [0.5, 0.6) is 17.2 Å². The number of aromatic nitrogens is 2. The summed E-state index contributed by atoms with van der Waals surface area (Å²) in [4.78, 5) is 59.2. The highest BCUT2D eigenvalue weighted by molar-refractivity contribution is 7.98. The van der Waals surface area contributed by atoms with E-state index in [1.165, 1.54) is 42.9 Å². The van der Waals surface area contributed by atoms with E-state index < -0.39 is 22.9 Å². The number of amides is 3. The van der Waals surface area contributed by atoms with Crippen LogP contribution in [0.1, 0.15) is 75.3 Å². The van der Waals surface area contributed by atoms with Crippen molar-refractivity contribution in [2.45, 2.75) is 75.9 Å². The molecule has 4 aliphatic rings. The first-order valence-corrected chi connectivity index (χ1v) is 26.5. The van der Waals surface area contributed by atoms with Gasteiger partial charge in [-0.1, -0.05) is 13.0 Å². The molecule has 1 aromatic heterocycles. The van der Waals surface area contributed by atoms with Gasteiger partial charge in [-0.25, -0.2) is 17.9 Å². The van der Waals surface area contributed by atoms with Gasteiger partial charge in [0.25, 0.3) is 5.56 Å². The van der Waals surface area contributed by atoms with Gasteiger partial charge in [-0.15, -0.1) is 0 Å². The Kier molecular flexibility index (Phi) is 19.1. The third kappa shape index (κ3) is 13.9. The predicted molar refractivity (Wildman–Crippen MR) is 266 cm³/mol. The van der Waals surface area contributed by atoms with Crippen LogP contribution >= 0.6 is 23.9 Å². The van der Waals surface area contributed by atoms with E-state index in [9.17, 15) is 33.0 Å². The van der Waals surface area contributed by atoms with E-state index in [1.807, 2.05) is 53.9 Å². The number of thioether (sulfide) groups is 1. The van der Waals surface area contributed by atoms with Crippen molar-refractivity contribution >= 4 is 75.0 Å². The summed E-state index contributed by atoms with van der Waals surface area (Å²) < 4.78 is 48.5. The number of carbonyl (C=O) groups excluding carboxylic acids is 3. The van der Waals surface area contributed by atoms with Gasteiger partial charge in [0.05, 0.1) is 35.1 Å². The normalized spacial score (nSPS) is 18.7. The number of H-pyrrole nitrogens is 1. The number of carbonyl (C=O) groups is 3. The number of anilines is 2. The SMILES string of the molecule is CCN(C)SNc1ccc(F)c(Oc2ccc3nc[nH]c(=O)c3c2)c1C#N.CS(=O)Oc1cc(NC2CCC(=O)NC2=O)ccc1C1CCN(CC(=O)N2CCC3(CCCO3)CC2)CC1.CSC. The molecule has 68 heavy (non-hydrogen) atoms. The second-order valence-electron chi connectivity index (χ2n) is 16.9. The Morgan fingerprint density at radius 3 is 2.49 bits per heavy atom. The number of aromatic amines is 1. The Bertz CT molecular complexity index is 2520. The fourth-order valence-corrected chi connectivity index (χ4v) is 9.42. The second-order valence-corrected chi connectivity index (χ2v) is 19.7. The maximum absolute atomic E-state index is 14.4. The van der Waals surface area contributed by atoms with Crippen LogP contribution in [0.3, 0.4) is 0 Å². The number of hydrogen-bond donors (Lipinski definition) is 4. The van der Waals surface area contributed by atoms with Crippen LogP contribution in [0, 0.1) is 17.1 Å². The molecule has 0 radical (unpaired) electrons. The maximum Gasteiger partial charge on any atom is 0.258 e. The number of fused-ring (bicyclic) bond motifs is 1. The lowest BCUT2D eigenvalue weighted by Gasteiger charge is -2.40. The molecule has 0 saturated carbocycles. The second kappa shape index (κ2) is 24.9. The predicted octanol–water partition coefficient (Wildman–Crippen LogP) is 6.56. The molecule has 366 valence electrons. The molecule has 2 atom stereocenters. The van der Waals surface area contributed by atoms with E-state index in [4.69, 9.17) is 13.7 Å². The van der Waals surface area contributed by atoms with Crippen molar-refractivity contribution in [3.05, 3.63) is 82.2 Å². The molecule has 4 N–H and O–H groups in total. The molecule has 4 saturated heterocycles. The van der Waals surface area contributed by atoms with Gasteiger partial charge >= 0.3 is 0 Å². The number of imide groups is 1. The topological polar surface area (TPSA) is 211 Å². The molecular weight excluding hydrogens is 934 g/mol. The van der Waals surface area contributed by atoms with Crippen molar-refractivity contribution in [2.75, 3.05) is 81.7 Å². The zero-order chi connectivity index (χ0) is 48.8. The summed E-state index contributed by atoms with van der Waals surface area (Å²) in [5, 5.41) is 15.3. The molecule has 1 spiro atoms. The molecule has 0 bridgehead atoms. The van der Waals surface area contributed by atoms with E-state index in [2.05, 4.69) is 30.2 Å². The van der Waals surface area contributed by atoms with E-state index in [0.29, 0.717) is 41.0 Å². The van der Waals surface area contributed by atoms with E-state index in [1.54, 1.807) is 30.0 Å². The highest BCUT2D eigenvalue weighted by atomic mass is 32.2. The quantitative estimate of drug-likeness (QED) is 0.0826. The lowest BCUT2D eigenvalue weighted by molar-refractivity contribution is -0.137. The number of benzene rings is 3. The van der Waals surface area contributed by atoms with E-state index in [0.717, 1.165) is 83.4 Å². The standard InChI is InChI=1S/C27H38N4O6S.C18H16FN5O2S.C2H6S/c1-38(35)37-23-17-20(28-22-5-6-24(32)29-26(22)34)3-4-21(23)19-7-12-30(13-8-19)18-25(33)31-14-10-27(11-15-31)9-2-16-36-27;1-3-24(2)27-23-16-7-5-14(19)17(13(16)9-20)26-11-4-6-15-12(8-11)18(25)22-10-21-15;1-3-2/h3-4,17,19,22,28H,2,5-16,18H2,1H3,(H,29,32,34);4-8,10,23H,3H2,1-2H3,(H,21,22,25);1-2H3. The van der Waals surface area contributed by atoms with Crippen molar-refractivity contribution in [3.8, 4) is 23.3 Å². The summed E-state index contributed by atoms with van der Waals surface area (Å²) in [6, 6.07) is 14.4. The number of ether oxygens (including phenoxy) is 2. The van der Waals surface area contributed by atoms with Crippen molar-refractivity contribution in [3.63, 3.8) is 0 Å². The molecular formula is C47H60FN9O8S3. The van der Waals surface area contributed by atoms with Crippen LogP contribution < -0.4 is 29.8 Å². The van der Waals surface area contributed by atoms with Crippen LogP contribution in [0.2, 0.25) is 0 Å².